The van der Waals surface area contributed by atoms with Crippen molar-refractivity contribution >= 4 is 16.7 Å². The van der Waals surface area contributed by atoms with Crippen molar-refractivity contribution < 1.29 is 13.9 Å². The Morgan fingerprint density at radius 3 is 2.83 bits per heavy atom. The van der Waals surface area contributed by atoms with Crippen molar-refractivity contribution in [3.8, 4) is 0 Å². The Bertz CT molecular complexity index is 972. The van der Waals surface area contributed by atoms with E-state index in [-0.39, 0.29) is 12.0 Å². The quantitative estimate of drug-likeness (QED) is 0.525. The molecule has 1 aliphatic rings. The molecule has 1 fully saturated rings. The molecule has 3 atom stereocenters. The highest BCUT2D eigenvalue weighted by atomic mass is 16.5. The van der Waals surface area contributed by atoms with Crippen LogP contribution in [-0.4, -0.2) is 18.6 Å². The predicted molar refractivity (Wildman–Crippen MR) is 115 cm³/mol. The Hall–Kier alpha value is -2.59. The lowest BCUT2D eigenvalue weighted by atomic mass is 9.83. The second kappa shape index (κ2) is 8.83. The van der Waals surface area contributed by atoms with Gasteiger partial charge in [0.05, 0.1) is 6.61 Å². The molecule has 0 saturated heterocycles. The van der Waals surface area contributed by atoms with E-state index in [2.05, 4.69) is 54.7 Å². The molecule has 2 unspecified atom stereocenters. The lowest BCUT2D eigenvalue weighted by molar-refractivity contribution is 0.0486. The van der Waals surface area contributed by atoms with Gasteiger partial charge in [-0.3, -0.25) is 0 Å². The number of carbonyl (C=O) groups excluding carboxylic acids is 1. The summed E-state index contributed by atoms with van der Waals surface area (Å²) in [5, 5.41) is 6.44. The van der Waals surface area contributed by atoms with Crippen LogP contribution >= 0.6 is 0 Å². The average Bonchev–Trinajstić information content (AvgIpc) is 3.24. The minimum absolute atomic E-state index is 0.275. The summed E-state index contributed by atoms with van der Waals surface area (Å²) in [4.78, 5) is 11.9. The second-order valence-electron chi connectivity index (χ2n) is 7.94. The molecule has 1 aliphatic carbocycles. The Morgan fingerprint density at radius 2 is 1.97 bits per heavy atom. The molecular formula is C25H29NO3. The second-order valence-corrected chi connectivity index (χ2v) is 7.94. The molecule has 0 amide bonds. The molecular weight excluding hydrogens is 362 g/mol. The van der Waals surface area contributed by atoms with Crippen LogP contribution in [0.15, 0.2) is 59.0 Å². The van der Waals surface area contributed by atoms with Crippen LogP contribution in [0.4, 0.5) is 0 Å². The van der Waals surface area contributed by atoms with Gasteiger partial charge < -0.3 is 14.5 Å². The number of carbonyl (C=O) groups is 1. The van der Waals surface area contributed by atoms with Gasteiger partial charge in [-0.15, -0.1) is 0 Å². The van der Waals surface area contributed by atoms with Crippen molar-refractivity contribution in [3.63, 3.8) is 0 Å². The van der Waals surface area contributed by atoms with E-state index in [1.54, 1.807) is 13.0 Å². The van der Waals surface area contributed by atoms with E-state index in [1.807, 2.05) is 6.07 Å². The molecule has 1 heterocycles. The smallest absolute Gasteiger partial charge is 0.374 e. The Balaban J connectivity index is 1.44. The maximum atomic E-state index is 11.9. The molecule has 0 spiro atoms. The van der Waals surface area contributed by atoms with Gasteiger partial charge in [0, 0.05) is 18.0 Å². The van der Waals surface area contributed by atoms with Gasteiger partial charge in [-0.2, -0.15) is 0 Å². The third-order valence-corrected chi connectivity index (χ3v) is 5.96. The Morgan fingerprint density at radius 1 is 1.14 bits per heavy atom. The molecule has 3 aromatic rings. The van der Waals surface area contributed by atoms with Gasteiger partial charge in [-0.1, -0.05) is 48.9 Å². The monoisotopic (exact) mass is 391 g/mol. The maximum absolute atomic E-state index is 11.9. The molecule has 1 saturated carbocycles. The standard InChI is InChI=1S/C25H29NO3/c1-3-28-25(27)24-15-14-23(29-24)19-10-6-11-20(16-19)26-17(2)21-13-7-9-18-8-4-5-12-22(18)21/h4-5,7-9,12-15,17,19-20,26H,3,6,10-11,16H2,1-2H3/t17-,19?,20?/m1/s1. The highest BCUT2D eigenvalue weighted by Crippen LogP contribution is 2.35. The first-order valence-electron chi connectivity index (χ1n) is 10.7. The fourth-order valence-corrected chi connectivity index (χ4v) is 4.56. The first-order valence-corrected chi connectivity index (χ1v) is 10.7. The number of ether oxygens (including phenoxy) is 1. The van der Waals surface area contributed by atoms with E-state index in [0.717, 1.165) is 31.4 Å². The lowest BCUT2D eigenvalue weighted by Gasteiger charge is -2.31. The van der Waals surface area contributed by atoms with Crippen molar-refractivity contribution in [3.05, 3.63) is 71.7 Å². The van der Waals surface area contributed by atoms with E-state index in [4.69, 9.17) is 9.15 Å². The largest absolute Gasteiger partial charge is 0.460 e. The molecule has 0 bridgehead atoms. The zero-order valence-corrected chi connectivity index (χ0v) is 17.2. The van der Waals surface area contributed by atoms with Crippen LogP contribution < -0.4 is 5.32 Å². The first kappa shape index (κ1) is 19.7. The van der Waals surface area contributed by atoms with E-state index < -0.39 is 0 Å². The van der Waals surface area contributed by atoms with Crippen LogP contribution in [0.2, 0.25) is 0 Å². The zero-order valence-electron chi connectivity index (χ0n) is 17.2. The first-order chi connectivity index (χ1) is 14.2. The minimum atomic E-state index is -0.381. The summed E-state index contributed by atoms with van der Waals surface area (Å²) in [6, 6.07) is 19.5. The Labute approximate surface area is 172 Å². The molecule has 29 heavy (non-hydrogen) atoms. The van der Waals surface area contributed by atoms with Gasteiger partial charge in [0.25, 0.3) is 0 Å². The minimum Gasteiger partial charge on any atom is -0.460 e. The van der Waals surface area contributed by atoms with Gasteiger partial charge >= 0.3 is 5.97 Å². The molecule has 1 N–H and O–H groups in total. The number of fused-ring (bicyclic) bond motifs is 1. The molecule has 0 radical (unpaired) electrons. The van der Waals surface area contributed by atoms with Crippen molar-refractivity contribution in [1.29, 1.82) is 0 Å². The van der Waals surface area contributed by atoms with Crippen LogP contribution in [0.1, 0.15) is 73.4 Å². The summed E-state index contributed by atoms with van der Waals surface area (Å²) in [6.45, 7) is 4.41. The van der Waals surface area contributed by atoms with Crippen molar-refractivity contribution in [1.82, 2.24) is 5.32 Å². The number of esters is 1. The zero-order chi connectivity index (χ0) is 20.2. The highest BCUT2D eigenvalue weighted by Gasteiger charge is 2.27. The number of benzene rings is 2. The molecule has 0 aliphatic heterocycles. The Kier molecular flexibility index (Phi) is 6.00. The lowest BCUT2D eigenvalue weighted by Crippen LogP contribution is -2.35. The SMILES string of the molecule is CCOC(=O)c1ccc(C2CCCC(N[C@H](C)c3cccc4ccccc34)C2)o1. The van der Waals surface area contributed by atoms with Crippen LogP contribution in [0.3, 0.4) is 0 Å². The molecule has 152 valence electrons. The summed E-state index contributed by atoms with van der Waals surface area (Å²) in [5.41, 5.74) is 1.34. The third kappa shape index (κ3) is 4.38. The van der Waals surface area contributed by atoms with Crippen molar-refractivity contribution in [2.24, 2.45) is 0 Å². The highest BCUT2D eigenvalue weighted by molar-refractivity contribution is 5.86. The fraction of sp³-hybridized carbons (Fsp3) is 0.400. The van der Waals surface area contributed by atoms with Crippen LogP contribution in [0.25, 0.3) is 10.8 Å². The molecule has 4 rings (SSSR count). The molecule has 4 heteroatoms. The van der Waals surface area contributed by atoms with Crippen LogP contribution in [0.5, 0.6) is 0 Å². The third-order valence-electron chi connectivity index (χ3n) is 5.96. The molecule has 2 aromatic carbocycles. The van der Waals surface area contributed by atoms with Gasteiger partial charge in [-0.25, -0.2) is 4.79 Å². The normalized spacial score (nSPS) is 20.5. The number of hydrogen-bond acceptors (Lipinski definition) is 4. The van der Waals surface area contributed by atoms with E-state index in [9.17, 15) is 4.79 Å². The summed E-state index contributed by atoms with van der Waals surface area (Å²) >= 11 is 0. The maximum Gasteiger partial charge on any atom is 0.374 e. The number of nitrogens with one attached hydrogen (secondary N) is 1. The van der Waals surface area contributed by atoms with E-state index in [1.165, 1.54) is 16.3 Å². The van der Waals surface area contributed by atoms with Gasteiger partial charge in [-0.05, 0) is 61.6 Å². The van der Waals surface area contributed by atoms with E-state index >= 15 is 0 Å². The van der Waals surface area contributed by atoms with Crippen molar-refractivity contribution in [2.45, 2.75) is 57.5 Å². The number of furan rings is 1. The average molecular weight is 392 g/mol. The van der Waals surface area contributed by atoms with Gasteiger partial charge in [0.1, 0.15) is 5.76 Å². The van der Waals surface area contributed by atoms with E-state index in [0.29, 0.717) is 24.3 Å². The molecule has 1 aromatic heterocycles. The predicted octanol–water partition coefficient (Wildman–Crippen LogP) is 5.99. The summed E-state index contributed by atoms with van der Waals surface area (Å²) < 4.78 is 10.9. The van der Waals surface area contributed by atoms with Crippen LogP contribution in [-0.2, 0) is 4.74 Å². The number of rotatable bonds is 6. The topological polar surface area (TPSA) is 51.5 Å². The van der Waals surface area contributed by atoms with Crippen molar-refractivity contribution in [2.75, 3.05) is 6.61 Å². The molecule has 4 nitrogen and oxygen atoms in total. The summed E-state index contributed by atoms with van der Waals surface area (Å²) in [7, 11) is 0. The van der Waals surface area contributed by atoms with Gasteiger partial charge in [0.15, 0.2) is 0 Å². The van der Waals surface area contributed by atoms with Crippen LogP contribution in [0, 0.1) is 0 Å². The fourth-order valence-electron chi connectivity index (χ4n) is 4.56. The summed E-state index contributed by atoms with van der Waals surface area (Å²) in [6.07, 6.45) is 4.43. The van der Waals surface area contributed by atoms with Gasteiger partial charge in [0.2, 0.25) is 5.76 Å². The summed E-state index contributed by atoms with van der Waals surface area (Å²) in [5.74, 6) is 1.16. The number of hydrogen-bond donors (Lipinski definition) is 1.